The Hall–Kier alpha value is -3.15. The van der Waals surface area contributed by atoms with Gasteiger partial charge in [0.2, 0.25) is 0 Å². The topological polar surface area (TPSA) is 68.8 Å². The molecule has 2 N–H and O–H groups in total. The van der Waals surface area contributed by atoms with E-state index in [1.807, 2.05) is 55.5 Å². The highest BCUT2D eigenvalue weighted by Gasteiger charge is 2.29. The molecule has 1 heterocycles. The van der Waals surface area contributed by atoms with E-state index in [0.29, 0.717) is 18.7 Å². The predicted octanol–water partition coefficient (Wildman–Crippen LogP) is 3.79. The van der Waals surface area contributed by atoms with Gasteiger partial charge in [-0.2, -0.15) is 0 Å². The maximum atomic E-state index is 12.2. The molecule has 0 atom stereocenters. The molecule has 0 saturated heterocycles. The van der Waals surface area contributed by atoms with Crippen LogP contribution >= 0.6 is 0 Å². The van der Waals surface area contributed by atoms with Crippen LogP contribution in [-0.2, 0) is 22.4 Å². The highest BCUT2D eigenvalue weighted by molar-refractivity contribution is 5.89. The highest BCUT2D eigenvalue weighted by Crippen LogP contribution is 2.25. The van der Waals surface area contributed by atoms with Crippen LogP contribution in [0.15, 0.2) is 61.1 Å². The molecule has 6 heteroatoms. The first kappa shape index (κ1) is 17.7. The Bertz CT molecular complexity index is 796. The fraction of sp³-hybridized carbons (Fsp3) is 0.250. The van der Waals surface area contributed by atoms with E-state index in [4.69, 9.17) is 14.2 Å². The molecule has 0 spiro atoms. The molecule has 26 heavy (non-hydrogen) atoms. The number of anilines is 1. The van der Waals surface area contributed by atoms with Crippen LogP contribution in [0, 0.1) is 0 Å². The van der Waals surface area contributed by atoms with Crippen LogP contribution in [0.4, 0.5) is 10.5 Å². The summed E-state index contributed by atoms with van der Waals surface area (Å²) in [5.41, 5.74) is 2.61. The maximum Gasteiger partial charge on any atom is 0.319 e. The lowest BCUT2D eigenvalue weighted by Gasteiger charge is -2.23. The summed E-state index contributed by atoms with van der Waals surface area (Å²) >= 11 is 0. The second kappa shape index (κ2) is 7.82. The van der Waals surface area contributed by atoms with Crippen LogP contribution < -0.4 is 15.4 Å². The number of amides is 2. The number of hydrogen-bond acceptors (Lipinski definition) is 4. The van der Waals surface area contributed by atoms with E-state index in [2.05, 4.69) is 10.6 Å². The summed E-state index contributed by atoms with van der Waals surface area (Å²) in [5, 5.41) is 5.67. The van der Waals surface area contributed by atoms with Crippen molar-refractivity contribution in [1.82, 2.24) is 5.32 Å². The largest absolute Gasteiger partial charge is 0.496 e. The second-order valence-corrected chi connectivity index (χ2v) is 6.14. The van der Waals surface area contributed by atoms with Crippen LogP contribution in [0.1, 0.15) is 18.1 Å². The zero-order chi connectivity index (χ0) is 18.4. The van der Waals surface area contributed by atoms with Gasteiger partial charge in [0.25, 0.3) is 5.79 Å². The van der Waals surface area contributed by atoms with Crippen molar-refractivity contribution in [3.05, 3.63) is 72.2 Å². The summed E-state index contributed by atoms with van der Waals surface area (Å²) in [5.74, 6) is 0.0401. The number of hydrogen-bond donors (Lipinski definition) is 2. The smallest absolute Gasteiger partial charge is 0.319 e. The van der Waals surface area contributed by atoms with Gasteiger partial charge >= 0.3 is 6.03 Å². The zero-order valence-electron chi connectivity index (χ0n) is 14.8. The van der Waals surface area contributed by atoms with Crippen molar-refractivity contribution in [2.45, 2.75) is 25.7 Å². The van der Waals surface area contributed by atoms with Crippen molar-refractivity contribution in [3.63, 3.8) is 0 Å². The zero-order valence-corrected chi connectivity index (χ0v) is 14.8. The van der Waals surface area contributed by atoms with Crippen molar-refractivity contribution >= 4 is 11.7 Å². The van der Waals surface area contributed by atoms with Gasteiger partial charge in [0, 0.05) is 31.1 Å². The van der Waals surface area contributed by atoms with Gasteiger partial charge in [-0.1, -0.05) is 30.3 Å². The van der Waals surface area contributed by atoms with Crippen LogP contribution in [0.3, 0.4) is 0 Å². The molecule has 2 aromatic carbocycles. The van der Waals surface area contributed by atoms with Crippen molar-refractivity contribution in [2.75, 3.05) is 12.4 Å². The van der Waals surface area contributed by atoms with E-state index in [-0.39, 0.29) is 6.03 Å². The number of benzene rings is 2. The number of para-hydroxylation sites is 1. The fourth-order valence-corrected chi connectivity index (χ4v) is 2.78. The number of rotatable bonds is 6. The van der Waals surface area contributed by atoms with Gasteiger partial charge in [0.05, 0.1) is 7.11 Å². The molecule has 1 aliphatic rings. The molecule has 3 rings (SSSR count). The van der Waals surface area contributed by atoms with Gasteiger partial charge in [0.15, 0.2) is 0 Å². The Labute approximate surface area is 152 Å². The predicted molar refractivity (Wildman–Crippen MR) is 98.7 cm³/mol. The first-order chi connectivity index (χ1) is 12.6. The molecule has 0 saturated carbocycles. The van der Waals surface area contributed by atoms with E-state index in [9.17, 15) is 4.79 Å². The van der Waals surface area contributed by atoms with E-state index in [0.717, 1.165) is 16.9 Å². The third kappa shape index (κ3) is 4.47. The molecule has 0 aliphatic carbocycles. The SMILES string of the molecule is COc1ccccc1CNC(=O)Nc1cccc(CC2(C)OC=CO2)c1. The summed E-state index contributed by atoms with van der Waals surface area (Å²) in [6, 6.07) is 14.9. The maximum absolute atomic E-state index is 12.2. The lowest BCUT2D eigenvalue weighted by molar-refractivity contribution is -0.124. The van der Waals surface area contributed by atoms with Crippen molar-refractivity contribution in [3.8, 4) is 5.75 Å². The third-order valence-corrected chi connectivity index (χ3v) is 4.03. The standard InChI is InChI=1S/C20H22N2O4/c1-20(25-10-11-26-20)13-15-6-5-8-17(12-15)22-19(23)21-14-16-7-3-4-9-18(16)24-2/h3-12H,13-14H2,1-2H3,(H2,21,22,23). The number of carbonyl (C=O) groups excluding carboxylic acids is 1. The summed E-state index contributed by atoms with van der Waals surface area (Å²) in [6.45, 7) is 2.24. The normalized spacial score (nSPS) is 14.2. The van der Waals surface area contributed by atoms with E-state index in [1.165, 1.54) is 12.5 Å². The molecule has 0 unspecified atom stereocenters. The molecule has 6 nitrogen and oxygen atoms in total. The average molecular weight is 354 g/mol. The Morgan fingerprint density at radius 3 is 2.65 bits per heavy atom. The van der Waals surface area contributed by atoms with E-state index >= 15 is 0 Å². The minimum Gasteiger partial charge on any atom is -0.496 e. The second-order valence-electron chi connectivity index (χ2n) is 6.14. The molecular weight excluding hydrogens is 332 g/mol. The number of nitrogens with one attached hydrogen (secondary N) is 2. The van der Waals surface area contributed by atoms with E-state index < -0.39 is 5.79 Å². The van der Waals surface area contributed by atoms with Crippen molar-refractivity contribution in [1.29, 1.82) is 0 Å². The van der Waals surface area contributed by atoms with Gasteiger partial charge in [-0.3, -0.25) is 0 Å². The molecule has 2 aromatic rings. The van der Waals surface area contributed by atoms with Gasteiger partial charge in [-0.25, -0.2) is 4.79 Å². The summed E-state index contributed by atoms with van der Waals surface area (Å²) in [4.78, 5) is 12.2. The molecule has 0 aromatic heterocycles. The number of urea groups is 1. The third-order valence-electron chi connectivity index (χ3n) is 4.03. The van der Waals surface area contributed by atoms with Crippen LogP contribution in [0.2, 0.25) is 0 Å². The lowest BCUT2D eigenvalue weighted by Crippen LogP contribution is -2.29. The fourth-order valence-electron chi connectivity index (χ4n) is 2.78. The van der Waals surface area contributed by atoms with Crippen LogP contribution in [-0.4, -0.2) is 18.9 Å². The van der Waals surface area contributed by atoms with Gasteiger partial charge in [-0.15, -0.1) is 0 Å². The molecule has 2 amide bonds. The number of ether oxygens (including phenoxy) is 3. The molecule has 136 valence electrons. The van der Waals surface area contributed by atoms with Crippen LogP contribution in [0.25, 0.3) is 0 Å². The molecule has 0 radical (unpaired) electrons. The monoisotopic (exact) mass is 354 g/mol. The van der Waals surface area contributed by atoms with Crippen molar-refractivity contribution < 1.29 is 19.0 Å². The van der Waals surface area contributed by atoms with Gasteiger partial charge in [-0.05, 0) is 23.8 Å². The minimum absolute atomic E-state index is 0.283. The minimum atomic E-state index is -0.704. The Morgan fingerprint density at radius 2 is 1.88 bits per heavy atom. The van der Waals surface area contributed by atoms with E-state index in [1.54, 1.807) is 7.11 Å². The average Bonchev–Trinajstić information content (AvgIpc) is 3.06. The quantitative estimate of drug-likeness (QED) is 0.828. The van der Waals surface area contributed by atoms with Gasteiger partial charge in [0.1, 0.15) is 18.3 Å². The molecule has 1 aliphatic heterocycles. The molecule has 0 bridgehead atoms. The molecule has 0 fully saturated rings. The van der Waals surface area contributed by atoms with Crippen LogP contribution in [0.5, 0.6) is 5.75 Å². The first-order valence-electron chi connectivity index (χ1n) is 8.34. The molecular formula is C20H22N2O4. The lowest BCUT2D eigenvalue weighted by atomic mass is 10.1. The Morgan fingerprint density at radius 1 is 1.12 bits per heavy atom. The van der Waals surface area contributed by atoms with Crippen molar-refractivity contribution in [2.24, 2.45) is 0 Å². The summed E-state index contributed by atoms with van der Waals surface area (Å²) < 4.78 is 16.2. The highest BCUT2D eigenvalue weighted by atomic mass is 16.7. The number of carbonyl (C=O) groups is 1. The number of methoxy groups -OCH3 is 1. The van der Waals surface area contributed by atoms with Gasteiger partial charge < -0.3 is 24.8 Å². The summed E-state index contributed by atoms with van der Waals surface area (Å²) in [6.07, 6.45) is 3.64. The first-order valence-corrected chi connectivity index (χ1v) is 8.34. The summed E-state index contributed by atoms with van der Waals surface area (Å²) in [7, 11) is 1.61. The Balaban J connectivity index is 1.56. The Kier molecular flexibility index (Phi) is 5.31.